The second-order valence-electron chi connectivity index (χ2n) is 33.0. The van der Waals surface area contributed by atoms with Gasteiger partial charge in [-0.2, -0.15) is 0 Å². The summed E-state index contributed by atoms with van der Waals surface area (Å²) >= 11 is 1.22. The minimum atomic E-state index is -1.35. The molecule has 0 radical (unpaired) electrons. The first-order valence-electron chi connectivity index (χ1n) is 45.9. The van der Waals surface area contributed by atoms with Gasteiger partial charge in [-0.25, -0.2) is 14.0 Å². The van der Waals surface area contributed by atoms with E-state index < -0.39 is 114 Å². The molecule has 51 heteroatoms. The summed E-state index contributed by atoms with van der Waals surface area (Å²) < 4.78 is 149. The molecule has 0 spiro atoms. The SMILES string of the molecule is CC(=O)N[C@H]1[C@H]2OC[C@](COCCOCCOCCOCCn3cc(COCC(COCc4cn(CCOCCOCCOCCOC[C@@]56CO[C@@H](O5)[C@H](NC(C)=O)[C@@H](O)[C@H]6O)nn4)(COCc4cn(CCOCCOCCOCCOC[C@@]56CO[C@@H](O5)[C@H](NC(C)=O)[C@@H](O)[C@H]6O)nn4)NC(=O)CCCCCCC(=O)CCOCCOCCOCCOCCSC(C)=O)nn3)(O2)[C@H](O)[C@@H]1O. The van der Waals surface area contributed by atoms with Crippen LogP contribution in [0.4, 0.5) is 0 Å². The van der Waals surface area contributed by atoms with Crippen LogP contribution in [0.3, 0.4) is 0 Å². The number of nitrogens with zero attached hydrogens (tertiary/aromatic N) is 9. The zero-order valence-corrected chi connectivity index (χ0v) is 78.5. The standard InChI is InChI=1S/C84H141N13O37S/c1-60(98)85-69-72(104)75(107)82(57-129-78(69)132-82)54-123-40-37-119-32-29-115-24-20-111-16-12-95-45-64(89-92-95)48-126-51-81(88-68(103)10-8-6-5-7-9-67(102)11-15-110-19-23-114-27-28-118-35-36-122-43-44-135-63(4)101,52-127-49-65-46-96(93-90-65)13-17-112-21-25-116-30-33-120-38-41-124-55-83-58-130-79(133-83)70(86-61(2)99)73(105)76(83)108)53-128-50-66-47-97(94-91-66)14-18-113-22-26-117-31-34-121-39-42-125-56-84-59-131-80(134-84)71(87-62(3)100)74(106)77(84)109/h45-47,69-80,104-109H,5-44,48-59H2,1-4H3,(H,85,98)(H,86,99)(H,87,100)(H,88,103)/t69-,70-,71-,72-,73-,74-,75-,76-,77-,78+,79+,80+,82+,83+,84+/m1/s1. The molecule has 50 nitrogen and oxygen atoms in total. The van der Waals surface area contributed by atoms with Crippen molar-refractivity contribution in [2.24, 2.45) is 0 Å². The number of ketones is 1. The number of unbranched alkanes of at least 4 members (excludes halogenated alkanes) is 3. The minimum absolute atomic E-state index is 0.0209. The molecule has 6 aliphatic heterocycles. The summed E-state index contributed by atoms with van der Waals surface area (Å²) in [6.07, 6.45) is -2.26. The van der Waals surface area contributed by atoms with Gasteiger partial charge in [0.2, 0.25) is 23.6 Å². The van der Waals surface area contributed by atoms with E-state index in [2.05, 4.69) is 52.2 Å². The number of aliphatic hydroxyl groups is 6. The van der Waals surface area contributed by atoms with E-state index in [0.717, 1.165) is 0 Å². The van der Waals surface area contributed by atoms with Crippen molar-refractivity contribution in [1.29, 1.82) is 0 Å². The molecule has 15 atom stereocenters. The Morgan fingerprint density at radius 1 is 0.370 bits per heavy atom. The number of nitrogens with one attached hydrogen (secondary N) is 4. The predicted molar refractivity (Wildman–Crippen MR) is 463 cm³/mol. The Bertz CT molecular complexity index is 3510. The molecule has 0 aromatic carbocycles. The van der Waals surface area contributed by atoms with Crippen molar-refractivity contribution >= 4 is 46.3 Å². The number of hydrogen-bond donors (Lipinski definition) is 10. The number of aromatic nitrogens is 9. The van der Waals surface area contributed by atoms with Crippen molar-refractivity contribution in [3.05, 3.63) is 35.7 Å². The van der Waals surface area contributed by atoms with Gasteiger partial charge in [-0.15, -0.1) is 15.3 Å². The Morgan fingerprint density at radius 2 is 0.652 bits per heavy atom. The fourth-order valence-electron chi connectivity index (χ4n) is 14.9. The highest BCUT2D eigenvalue weighted by Crippen LogP contribution is 2.40. The average molecular weight is 1960 g/mol. The number of hydrogen-bond acceptors (Lipinski definition) is 44. The van der Waals surface area contributed by atoms with Gasteiger partial charge < -0.3 is 170 Å². The Morgan fingerprint density at radius 3 is 0.956 bits per heavy atom. The largest absolute Gasteiger partial charge is 0.388 e. The number of carbonyl (C=O) groups is 6. The number of ether oxygens (including phenoxy) is 25. The lowest BCUT2D eigenvalue weighted by Crippen LogP contribution is -2.66. The van der Waals surface area contributed by atoms with Gasteiger partial charge in [0.25, 0.3) is 0 Å². The number of amides is 4. The molecule has 6 aliphatic rings. The molecule has 6 bridgehead atoms. The summed E-state index contributed by atoms with van der Waals surface area (Å²) in [7, 11) is 0. The highest BCUT2D eigenvalue weighted by Gasteiger charge is 2.62. The third-order valence-electron chi connectivity index (χ3n) is 21.8. The van der Waals surface area contributed by atoms with Crippen molar-refractivity contribution in [3.63, 3.8) is 0 Å². The summed E-state index contributed by atoms with van der Waals surface area (Å²) in [5, 5.41) is 101. The third-order valence-corrected chi connectivity index (χ3v) is 22.6. The fourth-order valence-corrected chi connectivity index (χ4v) is 15.4. The van der Waals surface area contributed by atoms with E-state index in [1.54, 1.807) is 32.6 Å². The molecule has 4 amide bonds. The first kappa shape index (κ1) is 112. The molecule has 770 valence electrons. The molecule has 6 fully saturated rings. The van der Waals surface area contributed by atoms with E-state index in [4.69, 9.17) is 118 Å². The Balaban J connectivity index is 0.703. The molecule has 10 N–H and O–H groups in total. The van der Waals surface area contributed by atoms with Crippen LogP contribution in [0.1, 0.15) is 89.7 Å². The second kappa shape index (κ2) is 62.8. The lowest BCUT2D eigenvalue weighted by Gasteiger charge is -2.42. The molecule has 6 saturated heterocycles. The van der Waals surface area contributed by atoms with Crippen molar-refractivity contribution in [2.75, 3.05) is 257 Å². The molecule has 9 rings (SSSR count). The first-order valence-corrected chi connectivity index (χ1v) is 46.9. The van der Waals surface area contributed by atoms with Crippen LogP contribution in [0, 0.1) is 0 Å². The lowest BCUT2D eigenvalue weighted by atomic mass is 9.88. The quantitative estimate of drug-likeness (QED) is 0.0237. The molecule has 0 aliphatic carbocycles. The number of aliphatic hydroxyl groups excluding tert-OH is 6. The lowest BCUT2D eigenvalue weighted by molar-refractivity contribution is -0.238. The van der Waals surface area contributed by atoms with Crippen LogP contribution < -0.4 is 21.3 Å². The van der Waals surface area contributed by atoms with Crippen molar-refractivity contribution in [3.8, 4) is 0 Å². The van der Waals surface area contributed by atoms with Crippen LogP contribution in [0.15, 0.2) is 18.6 Å². The second-order valence-corrected chi connectivity index (χ2v) is 34.2. The van der Waals surface area contributed by atoms with Gasteiger partial charge in [0.1, 0.15) is 100.0 Å². The number of rotatable bonds is 80. The average Bonchev–Trinajstić information content (AvgIpc) is 1.62. The van der Waals surface area contributed by atoms with E-state index in [-0.39, 0.29) is 195 Å². The first-order chi connectivity index (χ1) is 65.5. The third kappa shape index (κ3) is 40.4. The molecule has 135 heavy (non-hydrogen) atoms. The van der Waals surface area contributed by atoms with E-state index >= 15 is 0 Å². The topological polar surface area (TPSA) is 595 Å². The molecule has 0 unspecified atom stereocenters. The van der Waals surface area contributed by atoms with Crippen LogP contribution >= 0.6 is 11.8 Å². The number of fused-ring (bicyclic) bond motifs is 6. The summed E-state index contributed by atoms with van der Waals surface area (Å²) in [6.45, 7) is 14.4. The summed E-state index contributed by atoms with van der Waals surface area (Å²) in [4.78, 5) is 73.0. The highest BCUT2D eigenvalue weighted by atomic mass is 32.2. The molecule has 3 aromatic heterocycles. The number of Topliss-reactive ketones (excluding diaryl/α,β-unsaturated/α-hetero) is 1. The van der Waals surface area contributed by atoms with Gasteiger partial charge >= 0.3 is 0 Å². The van der Waals surface area contributed by atoms with Crippen LogP contribution in [0.5, 0.6) is 0 Å². The summed E-state index contributed by atoms with van der Waals surface area (Å²) in [5.41, 5.74) is -3.71. The van der Waals surface area contributed by atoms with Crippen molar-refractivity contribution in [2.45, 2.75) is 208 Å². The van der Waals surface area contributed by atoms with E-state index in [9.17, 15) is 59.4 Å². The molecular weight excluding hydrogens is 1820 g/mol. The highest BCUT2D eigenvalue weighted by molar-refractivity contribution is 8.13. The van der Waals surface area contributed by atoms with Crippen LogP contribution in [0.2, 0.25) is 0 Å². The van der Waals surface area contributed by atoms with Crippen LogP contribution in [-0.2, 0) is 187 Å². The normalized spacial score (nSPS) is 24.6. The van der Waals surface area contributed by atoms with Gasteiger partial charge in [0.05, 0.1) is 309 Å². The van der Waals surface area contributed by atoms with Gasteiger partial charge in [-0.3, -0.25) is 28.8 Å². The number of carbonyl (C=O) groups excluding carboxylic acids is 6. The summed E-state index contributed by atoms with van der Waals surface area (Å²) in [6, 6.07) is -2.75. The molecule has 0 saturated carbocycles. The van der Waals surface area contributed by atoms with Gasteiger partial charge in [-0.1, -0.05) is 40.2 Å². The predicted octanol–water partition coefficient (Wildman–Crippen LogP) is -4.83. The smallest absolute Gasteiger partial charge is 0.220 e. The maximum atomic E-state index is 14.3. The maximum Gasteiger partial charge on any atom is 0.220 e. The van der Waals surface area contributed by atoms with Crippen LogP contribution in [0.25, 0.3) is 0 Å². The zero-order valence-electron chi connectivity index (χ0n) is 77.7. The van der Waals surface area contributed by atoms with E-state index in [0.29, 0.717) is 180 Å². The van der Waals surface area contributed by atoms with Crippen molar-refractivity contribution in [1.82, 2.24) is 66.2 Å². The molecule has 3 aromatic rings. The van der Waals surface area contributed by atoms with Crippen LogP contribution in [-0.4, -0.2) is 463 Å². The Hall–Kier alpha value is -6.25. The fraction of sp³-hybridized carbons (Fsp3) is 0.857. The Labute approximate surface area is 787 Å². The van der Waals surface area contributed by atoms with Gasteiger partial charge in [0, 0.05) is 52.7 Å². The number of thioether (sulfide) groups is 1. The van der Waals surface area contributed by atoms with E-state index in [1.165, 1.54) is 39.5 Å². The molecular formula is C84H141N13O37S. The zero-order chi connectivity index (χ0) is 96.2. The Kier molecular flexibility index (Phi) is 52.3. The van der Waals surface area contributed by atoms with Crippen molar-refractivity contribution < 1.29 is 178 Å². The summed E-state index contributed by atoms with van der Waals surface area (Å²) in [5.74, 6) is -0.806. The van der Waals surface area contributed by atoms with Gasteiger partial charge in [0.15, 0.2) is 24.0 Å². The monoisotopic (exact) mass is 1960 g/mol. The maximum absolute atomic E-state index is 14.3. The van der Waals surface area contributed by atoms with E-state index in [1.807, 2.05) is 0 Å². The van der Waals surface area contributed by atoms with Gasteiger partial charge in [-0.05, 0) is 12.8 Å². The molecule has 9 heterocycles. The minimum Gasteiger partial charge on any atom is -0.388 e.